The summed E-state index contributed by atoms with van der Waals surface area (Å²) < 4.78 is 1.02. The molecular weight excluding hydrogens is 328 g/mol. The van der Waals surface area contributed by atoms with E-state index in [2.05, 4.69) is 50.0 Å². The molecule has 0 unspecified atom stereocenters. The number of halogens is 1. The zero-order valence-electron chi connectivity index (χ0n) is 12.5. The fraction of sp³-hybridized carbons (Fsp3) is 0.375. The number of nitrogens with zero attached hydrogens (tertiary/aromatic N) is 3. The molecule has 1 aromatic carbocycles. The van der Waals surface area contributed by atoms with Gasteiger partial charge in [-0.2, -0.15) is 0 Å². The van der Waals surface area contributed by atoms with Gasteiger partial charge in [-0.15, -0.1) is 0 Å². The van der Waals surface area contributed by atoms with Crippen molar-refractivity contribution in [2.45, 2.75) is 26.7 Å². The summed E-state index contributed by atoms with van der Waals surface area (Å²) in [5.74, 6) is 1.78. The van der Waals surface area contributed by atoms with Crippen LogP contribution in [0, 0.1) is 0 Å². The minimum atomic E-state index is 0.809. The Hall–Kier alpha value is -1.62. The average molecular weight is 349 g/mol. The maximum Gasteiger partial charge on any atom is 0.135 e. The minimum Gasteiger partial charge on any atom is -0.356 e. The summed E-state index contributed by atoms with van der Waals surface area (Å²) in [6.45, 7) is 6.40. The topological polar surface area (TPSA) is 41.0 Å². The zero-order chi connectivity index (χ0) is 15.1. The lowest BCUT2D eigenvalue weighted by Crippen LogP contribution is -2.25. The molecule has 2 aromatic rings. The number of para-hydroxylation sites is 1. The molecule has 0 fully saturated rings. The molecular formula is C16H21BrN4. The van der Waals surface area contributed by atoms with Gasteiger partial charge in [0, 0.05) is 23.6 Å². The Labute approximate surface area is 134 Å². The molecule has 0 saturated carbocycles. The highest BCUT2D eigenvalue weighted by atomic mass is 79.9. The monoisotopic (exact) mass is 348 g/mol. The van der Waals surface area contributed by atoms with Gasteiger partial charge in [0.05, 0.1) is 5.69 Å². The molecule has 1 heterocycles. The van der Waals surface area contributed by atoms with E-state index in [0.29, 0.717) is 0 Å². The van der Waals surface area contributed by atoms with Crippen LogP contribution in [0.25, 0.3) is 0 Å². The molecule has 0 aliphatic carbocycles. The molecule has 0 saturated heterocycles. The Morgan fingerprint density at radius 3 is 2.48 bits per heavy atom. The number of benzene rings is 1. The minimum absolute atomic E-state index is 0.809. The molecule has 0 radical (unpaired) electrons. The summed E-state index contributed by atoms with van der Waals surface area (Å²) in [5, 5.41) is 3.33. The van der Waals surface area contributed by atoms with Crippen LogP contribution in [0.15, 0.2) is 41.1 Å². The molecule has 5 heteroatoms. The van der Waals surface area contributed by atoms with Crippen molar-refractivity contribution in [3.05, 3.63) is 41.1 Å². The lowest BCUT2D eigenvalue weighted by molar-refractivity contribution is 0.733. The summed E-state index contributed by atoms with van der Waals surface area (Å²) >= 11 is 3.53. The Bertz CT molecular complexity index is 568. The highest BCUT2D eigenvalue weighted by molar-refractivity contribution is 9.10. The van der Waals surface area contributed by atoms with E-state index in [1.54, 1.807) is 6.33 Å². The highest BCUT2D eigenvalue weighted by Gasteiger charge is 2.08. The Balaban J connectivity index is 2.18. The Kier molecular flexibility index (Phi) is 5.99. The Morgan fingerprint density at radius 2 is 1.81 bits per heavy atom. The van der Waals surface area contributed by atoms with Crippen LogP contribution in [0.4, 0.5) is 17.3 Å². The van der Waals surface area contributed by atoms with Crippen LogP contribution in [0.3, 0.4) is 0 Å². The number of hydrogen-bond donors (Lipinski definition) is 1. The van der Waals surface area contributed by atoms with E-state index in [1.807, 2.05) is 30.3 Å². The molecule has 0 aliphatic heterocycles. The second kappa shape index (κ2) is 7.98. The van der Waals surface area contributed by atoms with Gasteiger partial charge >= 0.3 is 0 Å². The van der Waals surface area contributed by atoms with Crippen LogP contribution in [-0.4, -0.2) is 23.1 Å². The number of hydrogen-bond acceptors (Lipinski definition) is 4. The lowest BCUT2D eigenvalue weighted by atomic mass is 10.3. The molecule has 4 nitrogen and oxygen atoms in total. The van der Waals surface area contributed by atoms with Crippen molar-refractivity contribution in [1.82, 2.24) is 9.97 Å². The molecule has 0 spiro atoms. The van der Waals surface area contributed by atoms with E-state index < -0.39 is 0 Å². The van der Waals surface area contributed by atoms with Gasteiger partial charge in [0.25, 0.3) is 0 Å². The maximum atomic E-state index is 4.40. The van der Waals surface area contributed by atoms with Crippen LogP contribution in [0.1, 0.15) is 26.7 Å². The predicted octanol–water partition coefficient (Wildman–Crippen LogP) is 4.61. The van der Waals surface area contributed by atoms with Gasteiger partial charge in [0.15, 0.2) is 0 Å². The van der Waals surface area contributed by atoms with Gasteiger partial charge in [0.1, 0.15) is 18.0 Å². The SMILES string of the molecule is CCCN(CCC)c1cc(Nc2ccccc2Br)ncn1. The van der Waals surface area contributed by atoms with Gasteiger partial charge in [-0.05, 0) is 40.9 Å². The van der Waals surface area contributed by atoms with Crippen molar-refractivity contribution in [3.8, 4) is 0 Å². The van der Waals surface area contributed by atoms with Gasteiger partial charge < -0.3 is 10.2 Å². The molecule has 2 rings (SSSR count). The van der Waals surface area contributed by atoms with E-state index in [9.17, 15) is 0 Å². The number of nitrogens with one attached hydrogen (secondary N) is 1. The van der Waals surface area contributed by atoms with E-state index in [0.717, 1.165) is 47.7 Å². The summed E-state index contributed by atoms with van der Waals surface area (Å²) in [6.07, 6.45) is 3.83. The van der Waals surface area contributed by atoms with E-state index >= 15 is 0 Å². The van der Waals surface area contributed by atoms with Crippen LogP contribution >= 0.6 is 15.9 Å². The third-order valence-electron chi connectivity index (χ3n) is 3.10. The molecule has 1 N–H and O–H groups in total. The molecule has 112 valence electrons. The quantitative estimate of drug-likeness (QED) is 0.793. The third-order valence-corrected chi connectivity index (χ3v) is 3.79. The van der Waals surface area contributed by atoms with E-state index in [-0.39, 0.29) is 0 Å². The van der Waals surface area contributed by atoms with Crippen LogP contribution in [-0.2, 0) is 0 Å². The summed E-state index contributed by atoms with van der Waals surface area (Å²) in [4.78, 5) is 11.0. The first-order valence-electron chi connectivity index (χ1n) is 7.33. The fourth-order valence-electron chi connectivity index (χ4n) is 2.17. The van der Waals surface area contributed by atoms with Crippen molar-refractivity contribution in [1.29, 1.82) is 0 Å². The largest absolute Gasteiger partial charge is 0.356 e. The molecule has 1 aromatic heterocycles. The van der Waals surface area contributed by atoms with Crippen LogP contribution < -0.4 is 10.2 Å². The molecule has 21 heavy (non-hydrogen) atoms. The first-order valence-corrected chi connectivity index (χ1v) is 8.12. The molecule has 0 amide bonds. The standard InChI is InChI=1S/C16H21BrN4/c1-3-9-21(10-4-2)16-11-15(18-12-19-16)20-14-8-6-5-7-13(14)17/h5-8,11-12H,3-4,9-10H2,1-2H3,(H,18,19,20). The van der Waals surface area contributed by atoms with E-state index in [1.165, 1.54) is 0 Å². The number of anilines is 3. The summed E-state index contributed by atoms with van der Waals surface area (Å²) in [5.41, 5.74) is 1.000. The lowest BCUT2D eigenvalue weighted by Gasteiger charge is -2.22. The molecule has 0 aliphatic rings. The van der Waals surface area contributed by atoms with Crippen molar-refractivity contribution < 1.29 is 0 Å². The van der Waals surface area contributed by atoms with Gasteiger partial charge in [-0.1, -0.05) is 26.0 Å². The average Bonchev–Trinajstić information content (AvgIpc) is 2.50. The summed E-state index contributed by atoms with van der Waals surface area (Å²) in [7, 11) is 0. The van der Waals surface area contributed by atoms with E-state index in [4.69, 9.17) is 0 Å². The smallest absolute Gasteiger partial charge is 0.135 e. The van der Waals surface area contributed by atoms with Crippen molar-refractivity contribution in [3.63, 3.8) is 0 Å². The predicted molar refractivity (Wildman–Crippen MR) is 92.3 cm³/mol. The Morgan fingerprint density at radius 1 is 1.10 bits per heavy atom. The molecule has 0 bridgehead atoms. The second-order valence-corrected chi connectivity index (χ2v) is 5.71. The first-order chi connectivity index (χ1) is 10.2. The highest BCUT2D eigenvalue weighted by Crippen LogP contribution is 2.25. The first kappa shape index (κ1) is 15.8. The van der Waals surface area contributed by atoms with Gasteiger partial charge in [-0.25, -0.2) is 9.97 Å². The van der Waals surface area contributed by atoms with Crippen LogP contribution in [0.2, 0.25) is 0 Å². The normalized spacial score (nSPS) is 10.4. The fourth-order valence-corrected chi connectivity index (χ4v) is 2.55. The maximum absolute atomic E-state index is 4.40. The number of rotatable bonds is 7. The summed E-state index contributed by atoms with van der Waals surface area (Å²) in [6, 6.07) is 10.0. The zero-order valence-corrected chi connectivity index (χ0v) is 14.1. The third kappa shape index (κ3) is 4.43. The van der Waals surface area contributed by atoms with Crippen LogP contribution in [0.5, 0.6) is 0 Å². The number of aromatic nitrogens is 2. The van der Waals surface area contributed by atoms with Crippen molar-refractivity contribution >= 4 is 33.3 Å². The van der Waals surface area contributed by atoms with Gasteiger partial charge in [0.2, 0.25) is 0 Å². The van der Waals surface area contributed by atoms with Gasteiger partial charge in [-0.3, -0.25) is 0 Å². The second-order valence-electron chi connectivity index (χ2n) is 4.85. The van der Waals surface area contributed by atoms with Crippen molar-refractivity contribution in [2.75, 3.05) is 23.3 Å². The van der Waals surface area contributed by atoms with Crippen molar-refractivity contribution in [2.24, 2.45) is 0 Å². The molecule has 0 atom stereocenters.